The molecule has 0 aliphatic heterocycles. The molecule has 2 aromatic rings. The van der Waals surface area contributed by atoms with Gasteiger partial charge in [0.15, 0.2) is 0 Å². The van der Waals surface area contributed by atoms with E-state index in [1.54, 1.807) is 12.3 Å². The second-order valence-electron chi connectivity index (χ2n) is 4.92. The summed E-state index contributed by atoms with van der Waals surface area (Å²) in [6, 6.07) is 9.45. The molecular weight excluding hydrogens is 252 g/mol. The molecule has 4 heteroatoms. The van der Waals surface area contributed by atoms with Crippen molar-refractivity contribution in [2.24, 2.45) is 0 Å². The molecule has 0 spiro atoms. The van der Waals surface area contributed by atoms with Gasteiger partial charge in [-0.05, 0) is 30.4 Å². The molecule has 0 saturated heterocycles. The Labute approximate surface area is 118 Å². The Kier molecular flexibility index (Phi) is 4.56. The van der Waals surface area contributed by atoms with Gasteiger partial charge in [0, 0.05) is 17.6 Å². The molecule has 0 saturated carbocycles. The van der Waals surface area contributed by atoms with Crippen LogP contribution < -0.4 is 10.9 Å². The van der Waals surface area contributed by atoms with Crippen LogP contribution in [0.5, 0.6) is 0 Å². The third-order valence-corrected chi connectivity index (χ3v) is 3.55. The summed E-state index contributed by atoms with van der Waals surface area (Å²) in [4.78, 5) is 24.2. The van der Waals surface area contributed by atoms with Crippen LogP contribution in [0.1, 0.15) is 26.7 Å². The van der Waals surface area contributed by atoms with Gasteiger partial charge in [0.1, 0.15) is 6.54 Å². The first kappa shape index (κ1) is 14.3. The molecule has 0 aliphatic rings. The molecule has 1 aromatic carbocycles. The SMILES string of the molecule is CCC(CC)NC(=O)Cn1ccc2ccccc2c1=O. The van der Waals surface area contributed by atoms with Gasteiger partial charge >= 0.3 is 0 Å². The zero-order valence-corrected chi connectivity index (χ0v) is 11.9. The van der Waals surface area contributed by atoms with Gasteiger partial charge in [0.2, 0.25) is 5.91 Å². The van der Waals surface area contributed by atoms with Gasteiger partial charge in [0.05, 0.1) is 0 Å². The fourth-order valence-corrected chi connectivity index (χ4v) is 2.28. The second-order valence-corrected chi connectivity index (χ2v) is 4.92. The lowest BCUT2D eigenvalue weighted by Crippen LogP contribution is -2.38. The number of hydrogen-bond donors (Lipinski definition) is 1. The van der Waals surface area contributed by atoms with Gasteiger partial charge in [-0.1, -0.05) is 32.0 Å². The molecular formula is C16H20N2O2. The number of amides is 1. The van der Waals surface area contributed by atoms with E-state index >= 15 is 0 Å². The largest absolute Gasteiger partial charge is 0.352 e. The summed E-state index contributed by atoms with van der Waals surface area (Å²) in [5, 5.41) is 4.48. The van der Waals surface area contributed by atoms with E-state index in [9.17, 15) is 9.59 Å². The molecule has 4 nitrogen and oxygen atoms in total. The van der Waals surface area contributed by atoms with Crippen LogP contribution in [0.4, 0.5) is 0 Å². The van der Waals surface area contributed by atoms with Crippen molar-refractivity contribution in [3.63, 3.8) is 0 Å². The minimum Gasteiger partial charge on any atom is -0.352 e. The summed E-state index contributed by atoms with van der Waals surface area (Å²) in [5.74, 6) is -0.115. The second kappa shape index (κ2) is 6.37. The number of rotatable bonds is 5. The Morgan fingerprint density at radius 1 is 1.20 bits per heavy atom. The Balaban J connectivity index is 2.20. The molecule has 106 valence electrons. The Hall–Kier alpha value is -2.10. The maximum absolute atomic E-state index is 12.3. The van der Waals surface area contributed by atoms with Crippen LogP contribution in [0.25, 0.3) is 10.8 Å². The quantitative estimate of drug-likeness (QED) is 0.908. The van der Waals surface area contributed by atoms with Crippen LogP contribution in [0.2, 0.25) is 0 Å². The van der Waals surface area contributed by atoms with E-state index in [0.29, 0.717) is 5.39 Å². The van der Waals surface area contributed by atoms with E-state index in [1.807, 2.05) is 38.1 Å². The minimum atomic E-state index is -0.122. The van der Waals surface area contributed by atoms with Crippen LogP contribution in [0, 0.1) is 0 Å². The van der Waals surface area contributed by atoms with Crippen molar-refractivity contribution in [3.05, 3.63) is 46.9 Å². The van der Waals surface area contributed by atoms with E-state index in [0.717, 1.165) is 18.2 Å². The fraction of sp³-hybridized carbons (Fsp3) is 0.375. The van der Waals surface area contributed by atoms with E-state index in [4.69, 9.17) is 0 Å². The lowest BCUT2D eigenvalue weighted by Gasteiger charge is -2.15. The number of hydrogen-bond acceptors (Lipinski definition) is 2. The molecule has 0 fully saturated rings. The van der Waals surface area contributed by atoms with E-state index < -0.39 is 0 Å². The highest BCUT2D eigenvalue weighted by atomic mass is 16.2. The summed E-state index contributed by atoms with van der Waals surface area (Å²) in [6.45, 7) is 4.15. The molecule has 1 aromatic heterocycles. The average molecular weight is 272 g/mol. The van der Waals surface area contributed by atoms with Crippen molar-refractivity contribution in [2.45, 2.75) is 39.3 Å². The number of nitrogens with one attached hydrogen (secondary N) is 1. The van der Waals surface area contributed by atoms with Gasteiger partial charge < -0.3 is 9.88 Å². The van der Waals surface area contributed by atoms with Gasteiger partial charge in [-0.15, -0.1) is 0 Å². The summed E-state index contributed by atoms with van der Waals surface area (Å²) in [6.07, 6.45) is 3.47. The molecule has 1 N–H and O–H groups in total. The molecule has 20 heavy (non-hydrogen) atoms. The first-order chi connectivity index (χ1) is 9.65. The molecule has 0 unspecified atom stereocenters. The predicted octanol–water partition coefficient (Wildman–Crippen LogP) is 2.31. The minimum absolute atomic E-state index is 0.0696. The van der Waals surface area contributed by atoms with Gasteiger partial charge in [-0.3, -0.25) is 9.59 Å². The standard InChI is InChI=1S/C16H20N2O2/c1-3-13(4-2)17-15(19)11-18-10-9-12-7-5-6-8-14(12)16(18)20/h5-10,13H,3-4,11H2,1-2H3,(H,17,19). The highest BCUT2D eigenvalue weighted by Crippen LogP contribution is 2.07. The number of benzene rings is 1. The van der Waals surface area contributed by atoms with Crippen molar-refractivity contribution in [1.82, 2.24) is 9.88 Å². The van der Waals surface area contributed by atoms with Gasteiger partial charge in [-0.2, -0.15) is 0 Å². The fourth-order valence-electron chi connectivity index (χ4n) is 2.28. The number of carbonyl (C=O) groups excluding carboxylic acids is 1. The van der Waals surface area contributed by atoms with Crippen LogP contribution >= 0.6 is 0 Å². The molecule has 0 atom stereocenters. The summed E-state index contributed by atoms with van der Waals surface area (Å²) in [5.41, 5.74) is -0.122. The highest BCUT2D eigenvalue weighted by molar-refractivity contribution is 5.82. The summed E-state index contributed by atoms with van der Waals surface area (Å²) < 4.78 is 1.46. The topological polar surface area (TPSA) is 51.1 Å². The number of aromatic nitrogens is 1. The van der Waals surface area contributed by atoms with Crippen LogP contribution in [0.15, 0.2) is 41.3 Å². The van der Waals surface area contributed by atoms with Crippen molar-refractivity contribution >= 4 is 16.7 Å². The van der Waals surface area contributed by atoms with Crippen molar-refractivity contribution in [3.8, 4) is 0 Å². The monoisotopic (exact) mass is 272 g/mol. The van der Waals surface area contributed by atoms with E-state index in [-0.39, 0.29) is 24.1 Å². The summed E-state index contributed by atoms with van der Waals surface area (Å²) >= 11 is 0. The lowest BCUT2D eigenvalue weighted by molar-refractivity contribution is -0.122. The first-order valence-corrected chi connectivity index (χ1v) is 7.03. The van der Waals surface area contributed by atoms with Crippen molar-refractivity contribution in [1.29, 1.82) is 0 Å². The van der Waals surface area contributed by atoms with Crippen LogP contribution in [0.3, 0.4) is 0 Å². The van der Waals surface area contributed by atoms with Gasteiger partial charge in [-0.25, -0.2) is 0 Å². The molecule has 0 radical (unpaired) electrons. The smallest absolute Gasteiger partial charge is 0.258 e. The van der Waals surface area contributed by atoms with Crippen LogP contribution in [-0.4, -0.2) is 16.5 Å². The Morgan fingerprint density at radius 3 is 2.60 bits per heavy atom. The zero-order chi connectivity index (χ0) is 14.5. The highest BCUT2D eigenvalue weighted by Gasteiger charge is 2.10. The number of fused-ring (bicyclic) bond motifs is 1. The third kappa shape index (κ3) is 3.07. The molecule has 1 amide bonds. The molecule has 0 bridgehead atoms. The zero-order valence-electron chi connectivity index (χ0n) is 11.9. The first-order valence-electron chi connectivity index (χ1n) is 7.03. The summed E-state index contributed by atoms with van der Waals surface area (Å²) in [7, 11) is 0. The Bertz CT molecular complexity index is 657. The third-order valence-electron chi connectivity index (χ3n) is 3.55. The van der Waals surface area contributed by atoms with Crippen molar-refractivity contribution < 1.29 is 4.79 Å². The number of carbonyl (C=O) groups is 1. The molecule has 0 aliphatic carbocycles. The molecule has 1 heterocycles. The Morgan fingerprint density at radius 2 is 1.90 bits per heavy atom. The predicted molar refractivity (Wildman–Crippen MR) is 80.7 cm³/mol. The van der Waals surface area contributed by atoms with Gasteiger partial charge in [0.25, 0.3) is 5.56 Å². The molecule has 2 rings (SSSR count). The number of pyridine rings is 1. The van der Waals surface area contributed by atoms with Crippen molar-refractivity contribution in [2.75, 3.05) is 0 Å². The maximum Gasteiger partial charge on any atom is 0.258 e. The lowest BCUT2D eigenvalue weighted by atomic mass is 10.1. The van der Waals surface area contributed by atoms with Crippen LogP contribution in [-0.2, 0) is 11.3 Å². The van der Waals surface area contributed by atoms with E-state index in [2.05, 4.69) is 5.32 Å². The van der Waals surface area contributed by atoms with E-state index in [1.165, 1.54) is 4.57 Å². The number of nitrogens with zero attached hydrogens (tertiary/aromatic N) is 1. The average Bonchev–Trinajstić information content (AvgIpc) is 2.48. The normalized spacial score (nSPS) is 10.9. The maximum atomic E-state index is 12.3.